The highest BCUT2D eigenvalue weighted by molar-refractivity contribution is 7.11. The van der Waals surface area contributed by atoms with Gasteiger partial charge in [0.25, 0.3) is 5.91 Å². The third-order valence-corrected chi connectivity index (χ3v) is 4.44. The Morgan fingerprint density at radius 3 is 2.43 bits per heavy atom. The molecule has 0 unspecified atom stereocenters. The average molecular weight is 335 g/mol. The van der Waals surface area contributed by atoms with E-state index < -0.39 is 17.7 Å². The van der Waals surface area contributed by atoms with Crippen molar-refractivity contribution in [2.45, 2.75) is 33.4 Å². The molecule has 0 saturated carbocycles. The molecule has 6 heteroatoms. The molecule has 0 aliphatic carbocycles. The number of carbonyl (C=O) groups is 2. The number of aryl methyl sites for hydroxylation is 1. The van der Waals surface area contributed by atoms with Gasteiger partial charge in [0.1, 0.15) is 5.82 Å². The van der Waals surface area contributed by atoms with Gasteiger partial charge in [-0.15, -0.1) is 11.3 Å². The third kappa shape index (κ3) is 3.96. The number of nitrogens with zero attached hydrogens (tertiary/aromatic N) is 1. The van der Waals surface area contributed by atoms with Crippen LogP contribution < -0.4 is 0 Å². The fraction of sp³-hybridized carbons (Fsp3) is 0.294. The molecule has 23 heavy (non-hydrogen) atoms. The number of rotatable bonds is 5. The van der Waals surface area contributed by atoms with Gasteiger partial charge in [0.05, 0.1) is 17.7 Å². The van der Waals surface area contributed by atoms with E-state index in [1.807, 2.05) is 32.9 Å². The minimum atomic E-state index is -1.22. The number of halogens is 1. The number of carboxylic acid groups (broad SMARTS) is 1. The molecule has 0 bridgehead atoms. The molecule has 2 rings (SSSR count). The van der Waals surface area contributed by atoms with Crippen LogP contribution in [0.2, 0.25) is 0 Å². The summed E-state index contributed by atoms with van der Waals surface area (Å²) in [7, 11) is 0. The number of amides is 1. The first-order valence-electron chi connectivity index (χ1n) is 7.18. The van der Waals surface area contributed by atoms with Crippen molar-refractivity contribution in [2.75, 3.05) is 0 Å². The second-order valence-corrected chi connectivity index (χ2v) is 6.91. The van der Waals surface area contributed by atoms with Gasteiger partial charge in [0.15, 0.2) is 0 Å². The third-order valence-electron chi connectivity index (χ3n) is 3.45. The summed E-state index contributed by atoms with van der Waals surface area (Å²) >= 11 is 1.59. The predicted octanol–water partition coefficient (Wildman–Crippen LogP) is 3.94. The van der Waals surface area contributed by atoms with E-state index >= 15 is 0 Å². The summed E-state index contributed by atoms with van der Waals surface area (Å²) in [6, 6.07) is 7.17. The van der Waals surface area contributed by atoms with Crippen molar-refractivity contribution < 1.29 is 19.1 Å². The van der Waals surface area contributed by atoms with E-state index in [1.165, 1.54) is 12.1 Å². The fourth-order valence-corrected chi connectivity index (χ4v) is 3.09. The van der Waals surface area contributed by atoms with Crippen LogP contribution >= 0.6 is 11.3 Å². The van der Waals surface area contributed by atoms with Gasteiger partial charge in [-0.2, -0.15) is 0 Å². The van der Waals surface area contributed by atoms with E-state index in [2.05, 4.69) is 0 Å². The molecule has 0 aliphatic heterocycles. The minimum Gasteiger partial charge on any atom is -0.478 e. The lowest BCUT2D eigenvalue weighted by molar-refractivity contribution is 0.0675. The number of hydrogen-bond acceptors (Lipinski definition) is 3. The molecule has 0 saturated heterocycles. The second-order valence-electron chi connectivity index (χ2n) is 5.54. The summed E-state index contributed by atoms with van der Waals surface area (Å²) in [5, 5.41) is 8.87. The van der Waals surface area contributed by atoms with Crippen LogP contribution in [0.5, 0.6) is 0 Å². The maximum atomic E-state index is 14.1. The van der Waals surface area contributed by atoms with Crippen LogP contribution in [0.3, 0.4) is 0 Å². The van der Waals surface area contributed by atoms with E-state index in [0.29, 0.717) is 6.54 Å². The van der Waals surface area contributed by atoms with E-state index in [-0.39, 0.29) is 17.2 Å². The standard InChI is InChI=1S/C17H18FNO3S/c1-10(2)19(9-13-6-4-11(3)23-13)16(20)14-7-5-12(17(21)22)8-15(14)18/h4-8,10H,9H2,1-3H3,(H,21,22). The number of hydrogen-bond donors (Lipinski definition) is 1. The van der Waals surface area contributed by atoms with Crippen molar-refractivity contribution in [1.29, 1.82) is 0 Å². The Morgan fingerprint density at radius 1 is 1.26 bits per heavy atom. The Labute approximate surface area is 138 Å². The lowest BCUT2D eigenvalue weighted by Crippen LogP contribution is -2.36. The summed E-state index contributed by atoms with van der Waals surface area (Å²) in [5.74, 6) is -2.49. The number of carboxylic acids is 1. The summed E-state index contributed by atoms with van der Waals surface area (Å²) in [6.07, 6.45) is 0. The van der Waals surface area contributed by atoms with Crippen molar-refractivity contribution in [3.05, 3.63) is 57.0 Å². The van der Waals surface area contributed by atoms with E-state index in [9.17, 15) is 14.0 Å². The van der Waals surface area contributed by atoms with E-state index in [4.69, 9.17) is 5.11 Å². The molecular formula is C17H18FNO3S. The molecule has 0 atom stereocenters. The summed E-state index contributed by atoms with van der Waals surface area (Å²) in [4.78, 5) is 27.2. The first kappa shape index (κ1) is 17.1. The lowest BCUT2D eigenvalue weighted by atomic mass is 10.1. The zero-order valence-electron chi connectivity index (χ0n) is 13.2. The lowest BCUT2D eigenvalue weighted by Gasteiger charge is -2.26. The Bertz CT molecular complexity index is 739. The van der Waals surface area contributed by atoms with Crippen LogP contribution in [-0.4, -0.2) is 27.9 Å². The van der Waals surface area contributed by atoms with Gasteiger partial charge in [-0.1, -0.05) is 0 Å². The first-order chi connectivity index (χ1) is 10.8. The molecule has 0 aliphatic rings. The topological polar surface area (TPSA) is 57.6 Å². The van der Waals surface area contributed by atoms with Gasteiger partial charge in [-0.25, -0.2) is 9.18 Å². The van der Waals surface area contributed by atoms with Gasteiger partial charge < -0.3 is 10.0 Å². The SMILES string of the molecule is Cc1ccc(CN(C(=O)c2ccc(C(=O)O)cc2F)C(C)C)s1. The zero-order chi connectivity index (χ0) is 17.1. The zero-order valence-corrected chi connectivity index (χ0v) is 14.0. The van der Waals surface area contributed by atoms with Crippen molar-refractivity contribution in [3.8, 4) is 0 Å². The molecule has 0 spiro atoms. The van der Waals surface area contributed by atoms with Gasteiger partial charge in [-0.3, -0.25) is 4.79 Å². The number of aromatic carboxylic acids is 1. The van der Waals surface area contributed by atoms with Gasteiger partial charge in [-0.05, 0) is 51.1 Å². The fourth-order valence-electron chi connectivity index (χ4n) is 2.20. The van der Waals surface area contributed by atoms with Crippen molar-refractivity contribution in [2.24, 2.45) is 0 Å². The van der Waals surface area contributed by atoms with Crippen LogP contribution in [0.4, 0.5) is 4.39 Å². The van der Waals surface area contributed by atoms with Gasteiger partial charge in [0.2, 0.25) is 0 Å². The first-order valence-corrected chi connectivity index (χ1v) is 8.00. The quantitative estimate of drug-likeness (QED) is 0.900. The molecule has 122 valence electrons. The van der Waals surface area contributed by atoms with Gasteiger partial charge >= 0.3 is 5.97 Å². The van der Waals surface area contributed by atoms with Gasteiger partial charge in [0, 0.05) is 15.8 Å². The molecule has 1 N–H and O–H groups in total. The van der Waals surface area contributed by atoms with E-state index in [1.54, 1.807) is 16.2 Å². The second kappa shape index (κ2) is 6.91. The Morgan fingerprint density at radius 2 is 1.96 bits per heavy atom. The van der Waals surface area contributed by atoms with Crippen molar-refractivity contribution in [3.63, 3.8) is 0 Å². The normalized spacial score (nSPS) is 10.8. The van der Waals surface area contributed by atoms with E-state index in [0.717, 1.165) is 15.8 Å². The number of carbonyl (C=O) groups excluding carboxylic acids is 1. The molecule has 1 heterocycles. The molecule has 4 nitrogen and oxygen atoms in total. The monoisotopic (exact) mass is 335 g/mol. The maximum absolute atomic E-state index is 14.1. The molecule has 2 aromatic rings. The number of benzene rings is 1. The maximum Gasteiger partial charge on any atom is 0.335 e. The minimum absolute atomic E-state index is 0.108. The van der Waals surface area contributed by atoms with Crippen LogP contribution in [0, 0.1) is 12.7 Å². The summed E-state index contributed by atoms with van der Waals surface area (Å²) < 4.78 is 14.1. The highest BCUT2D eigenvalue weighted by Gasteiger charge is 2.23. The van der Waals surface area contributed by atoms with Crippen LogP contribution in [0.1, 0.15) is 44.3 Å². The van der Waals surface area contributed by atoms with Crippen LogP contribution in [0.25, 0.3) is 0 Å². The molecule has 1 aromatic heterocycles. The van der Waals surface area contributed by atoms with Crippen LogP contribution in [0.15, 0.2) is 30.3 Å². The van der Waals surface area contributed by atoms with Crippen molar-refractivity contribution >= 4 is 23.2 Å². The molecule has 0 radical (unpaired) electrons. The molecular weight excluding hydrogens is 317 g/mol. The Balaban J connectivity index is 2.29. The predicted molar refractivity (Wildman–Crippen MR) is 87.4 cm³/mol. The highest BCUT2D eigenvalue weighted by atomic mass is 32.1. The van der Waals surface area contributed by atoms with Crippen LogP contribution in [-0.2, 0) is 6.54 Å². The smallest absolute Gasteiger partial charge is 0.335 e. The molecule has 0 fully saturated rings. The number of thiophene rings is 1. The Kier molecular flexibility index (Phi) is 5.15. The van der Waals surface area contributed by atoms with Crippen molar-refractivity contribution in [1.82, 2.24) is 4.90 Å². The summed E-state index contributed by atoms with van der Waals surface area (Å²) in [5.41, 5.74) is -0.291. The Hall–Kier alpha value is -2.21. The highest BCUT2D eigenvalue weighted by Crippen LogP contribution is 2.21. The molecule has 1 aromatic carbocycles. The molecule has 1 amide bonds. The average Bonchev–Trinajstić information content (AvgIpc) is 2.89. The summed E-state index contributed by atoms with van der Waals surface area (Å²) in [6.45, 7) is 6.11. The largest absolute Gasteiger partial charge is 0.478 e.